The van der Waals surface area contributed by atoms with Crippen molar-refractivity contribution in [1.29, 1.82) is 0 Å². The molecule has 7 nitrogen and oxygen atoms in total. The predicted molar refractivity (Wildman–Crippen MR) is 70.6 cm³/mol. The van der Waals surface area contributed by atoms with Gasteiger partial charge in [0.1, 0.15) is 0 Å². The minimum Gasteiger partial charge on any atom is -0.481 e. The van der Waals surface area contributed by atoms with Crippen molar-refractivity contribution in [3.8, 4) is 0 Å². The second-order valence-corrected chi connectivity index (χ2v) is 5.18. The maximum absolute atomic E-state index is 12.1. The van der Waals surface area contributed by atoms with Gasteiger partial charge in [0.25, 0.3) is 0 Å². The number of carboxylic acid groups (broad SMARTS) is 1. The van der Waals surface area contributed by atoms with Crippen molar-refractivity contribution in [3.63, 3.8) is 0 Å². The smallest absolute Gasteiger partial charge is 0.317 e. The topological polar surface area (TPSA) is 88.1 Å². The first-order valence-electron chi connectivity index (χ1n) is 7.12. The molecule has 0 saturated carbocycles. The van der Waals surface area contributed by atoms with Crippen LogP contribution in [0.2, 0.25) is 0 Å². The molecule has 2 saturated heterocycles. The number of amides is 2. The van der Waals surface area contributed by atoms with E-state index < -0.39 is 5.97 Å². The molecule has 2 rings (SSSR count). The van der Waals surface area contributed by atoms with Gasteiger partial charge in [-0.15, -0.1) is 0 Å². The molecule has 2 amide bonds. The fourth-order valence-corrected chi connectivity index (χ4v) is 2.61. The van der Waals surface area contributed by atoms with Crippen molar-refractivity contribution in [2.24, 2.45) is 0 Å². The van der Waals surface area contributed by atoms with E-state index in [0.29, 0.717) is 19.7 Å². The molecule has 2 aliphatic heterocycles. The Kier molecular flexibility index (Phi) is 5.60. The first kappa shape index (κ1) is 15.1. The van der Waals surface area contributed by atoms with Gasteiger partial charge in [-0.25, -0.2) is 4.79 Å². The van der Waals surface area contributed by atoms with Gasteiger partial charge in [-0.1, -0.05) is 0 Å². The van der Waals surface area contributed by atoms with Crippen LogP contribution in [-0.2, 0) is 14.3 Å². The highest BCUT2D eigenvalue weighted by Gasteiger charge is 2.29. The number of hydrogen-bond donors (Lipinski definition) is 2. The van der Waals surface area contributed by atoms with Crippen LogP contribution < -0.4 is 5.32 Å². The summed E-state index contributed by atoms with van der Waals surface area (Å²) in [7, 11) is 0. The molecule has 2 fully saturated rings. The number of urea groups is 1. The normalized spacial score (nSPS) is 26.5. The molecule has 2 heterocycles. The van der Waals surface area contributed by atoms with E-state index in [4.69, 9.17) is 14.6 Å². The Morgan fingerprint density at radius 3 is 2.90 bits per heavy atom. The Labute approximate surface area is 118 Å². The summed E-state index contributed by atoms with van der Waals surface area (Å²) in [5.41, 5.74) is 0. The number of ether oxygens (including phenoxy) is 2. The van der Waals surface area contributed by atoms with Gasteiger partial charge in [-0.3, -0.25) is 4.79 Å². The van der Waals surface area contributed by atoms with Crippen molar-refractivity contribution in [3.05, 3.63) is 0 Å². The monoisotopic (exact) mass is 286 g/mol. The Hall–Kier alpha value is -1.34. The van der Waals surface area contributed by atoms with Crippen LogP contribution in [0.3, 0.4) is 0 Å². The molecule has 0 aliphatic carbocycles. The molecule has 114 valence electrons. The van der Waals surface area contributed by atoms with Gasteiger partial charge in [0, 0.05) is 19.7 Å². The van der Waals surface area contributed by atoms with Crippen LogP contribution in [0, 0.1) is 0 Å². The third-order valence-electron chi connectivity index (χ3n) is 3.67. The molecule has 0 aromatic rings. The van der Waals surface area contributed by atoms with Gasteiger partial charge < -0.3 is 24.8 Å². The summed E-state index contributed by atoms with van der Waals surface area (Å²) in [4.78, 5) is 24.4. The van der Waals surface area contributed by atoms with Gasteiger partial charge >= 0.3 is 12.0 Å². The number of hydrogen-bond acceptors (Lipinski definition) is 4. The third-order valence-corrected chi connectivity index (χ3v) is 3.67. The zero-order valence-electron chi connectivity index (χ0n) is 11.5. The van der Waals surface area contributed by atoms with E-state index in [1.165, 1.54) is 0 Å². The van der Waals surface area contributed by atoms with E-state index in [1.807, 2.05) is 0 Å². The largest absolute Gasteiger partial charge is 0.481 e. The first-order valence-corrected chi connectivity index (χ1v) is 7.12. The lowest BCUT2D eigenvalue weighted by Gasteiger charge is -2.34. The molecule has 2 N–H and O–H groups in total. The highest BCUT2D eigenvalue weighted by Crippen LogP contribution is 2.15. The van der Waals surface area contributed by atoms with Crippen molar-refractivity contribution in [2.75, 3.05) is 32.9 Å². The Morgan fingerprint density at radius 2 is 2.20 bits per heavy atom. The standard InChI is InChI=1S/C13H22N2O5/c16-12(17)8-10-9-19-7-5-15(10)13(18)14-4-3-11-2-1-6-20-11/h10-11H,1-9H2,(H,14,18)(H,16,17). The predicted octanol–water partition coefficient (Wildman–Crippen LogP) is 0.441. The molecule has 2 aliphatic rings. The second kappa shape index (κ2) is 7.44. The maximum atomic E-state index is 12.1. The van der Waals surface area contributed by atoms with Crippen molar-refractivity contribution in [2.45, 2.75) is 37.8 Å². The summed E-state index contributed by atoms with van der Waals surface area (Å²) in [6.07, 6.45) is 3.10. The number of carbonyl (C=O) groups is 2. The lowest BCUT2D eigenvalue weighted by atomic mass is 10.1. The van der Waals surface area contributed by atoms with Gasteiger partial charge in [0.2, 0.25) is 0 Å². The number of aliphatic carboxylic acids is 1. The van der Waals surface area contributed by atoms with Crippen LogP contribution in [0.5, 0.6) is 0 Å². The molecule has 0 bridgehead atoms. The van der Waals surface area contributed by atoms with Crippen molar-refractivity contribution < 1.29 is 24.2 Å². The Morgan fingerprint density at radius 1 is 1.35 bits per heavy atom. The summed E-state index contributed by atoms with van der Waals surface area (Å²) in [6.45, 7) is 2.54. The van der Waals surface area contributed by atoms with E-state index in [-0.39, 0.29) is 31.2 Å². The highest BCUT2D eigenvalue weighted by atomic mass is 16.5. The van der Waals surface area contributed by atoms with E-state index in [0.717, 1.165) is 25.9 Å². The van der Waals surface area contributed by atoms with E-state index in [2.05, 4.69) is 5.32 Å². The molecule has 7 heteroatoms. The Bertz CT molecular complexity index is 344. The molecule has 20 heavy (non-hydrogen) atoms. The molecule has 0 aromatic carbocycles. The molecule has 0 aromatic heterocycles. The van der Waals surface area contributed by atoms with Crippen molar-refractivity contribution >= 4 is 12.0 Å². The SMILES string of the molecule is O=C(O)CC1COCCN1C(=O)NCCC1CCCO1. The molecule has 2 unspecified atom stereocenters. The molecule has 2 atom stereocenters. The minimum absolute atomic E-state index is 0.0842. The number of carbonyl (C=O) groups excluding carboxylic acids is 1. The number of morpholine rings is 1. The number of nitrogens with zero attached hydrogens (tertiary/aromatic N) is 1. The number of carboxylic acids is 1. The summed E-state index contributed by atoms with van der Waals surface area (Å²) >= 11 is 0. The van der Waals surface area contributed by atoms with Gasteiger partial charge in [0.15, 0.2) is 0 Å². The highest BCUT2D eigenvalue weighted by molar-refractivity contribution is 5.76. The quantitative estimate of drug-likeness (QED) is 0.765. The van der Waals surface area contributed by atoms with Crippen LogP contribution in [0.25, 0.3) is 0 Å². The average Bonchev–Trinajstić information content (AvgIpc) is 2.91. The zero-order chi connectivity index (χ0) is 14.4. The maximum Gasteiger partial charge on any atom is 0.317 e. The molecule has 0 radical (unpaired) electrons. The first-order chi connectivity index (χ1) is 9.66. The van der Waals surface area contributed by atoms with E-state index in [9.17, 15) is 9.59 Å². The average molecular weight is 286 g/mol. The van der Waals surface area contributed by atoms with Crippen LogP contribution in [0.15, 0.2) is 0 Å². The summed E-state index contributed by atoms with van der Waals surface area (Å²) < 4.78 is 10.7. The lowest BCUT2D eigenvalue weighted by molar-refractivity contribution is -0.139. The number of nitrogens with one attached hydrogen (secondary N) is 1. The fourth-order valence-electron chi connectivity index (χ4n) is 2.61. The second-order valence-electron chi connectivity index (χ2n) is 5.18. The van der Waals surface area contributed by atoms with Crippen molar-refractivity contribution in [1.82, 2.24) is 10.2 Å². The minimum atomic E-state index is -0.919. The Balaban J connectivity index is 1.74. The van der Waals surface area contributed by atoms with E-state index >= 15 is 0 Å². The van der Waals surface area contributed by atoms with Gasteiger partial charge in [0.05, 0.1) is 31.8 Å². The van der Waals surface area contributed by atoms with E-state index in [1.54, 1.807) is 4.90 Å². The molecular formula is C13H22N2O5. The number of rotatable bonds is 5. The fraction of sp³-hybridized carbons (Fsp3) is 0.846. The van der Waals surface area contributed by atoms with Crippen LogP contribution in [0.1, 0.15) is 25.7 Å². The van der Waals surface area contributed by atoms with Gasteiger partial charge in [-0.2, -0.15) is 0 Å². The summed E-state index contributed by atoms with van der Waals surface area (Å²) in [5.74, 6) is -0.919. The molecular weight excluding hydrogens is 264 g/mol. The van der Waals surface area contributed by atoms with Gasteiger partial charge in [-0.05, 0) is 19.3 Å². The summed E-state index contributed by atoms with van der Waals surface area (Å²) in [5, 5.41) is 11.7. The van der Waals surface area contributed by atoms with Crippen LogP contribution in [-0.4, -0.2) is 67.1 Å². The molecule has 0 spiro atoms. The third kappa shape index (κ3) is 4.35. The zero-order valence-corrected chi connectivity index (χ0v) is 11.5. The summed E-state index contributed by atoms with van der Waals surface area (Å²) in [6, 6.07) is -0.596. The van der Waals surface area contributed by atoms with Crippen LogP contribution in [0.4, 0.5) is 4.79 Å². The van der Waals surface area contributed by atoms with Crippen LogP contribution >= 0.6 is 0 Å². The lowest BCUT2D eigenvalue weighted by Crippen LogP contribution is -2.53.